The van der Waals surface area contributed by atoms with Crippen LogP contribution in [0, 0.1) is 5.92 Å². The molecular formula is C16H25BrN2O. The maximum Gasteiger partial charge on any atom is 0.236 e. The monoisotopic (exact) mass is 340 g/mol. The van der Waals surface area contributed by atoms with E-state index in [9.17, 15) is 4.79 Å². The lowest BCUT2D eigenvalue weighted by atomic mass is 9.84. The van der Waals surface area contributed by atoms with Gasteiger partial charge in [-0.1, -0.05) is 55.8 Å². The summed E-state index contributed by atoms with van der Waals surface area (Å²) in [7, 11) is 0. The minimum atomic E-state index is -0.423. The molecule has 1 rings (SSSR count). The Kier molecular flexibility index (Phi) is 6.21. The molecule has 3 nitrogen and oxygen atoms in total. The SMILES string of the molecule is CC(C)C[C@H](N)C(=O)NCC(C)(C)c1cccc(Br)c1. The van der Waals surface area contributed by atoms with E-state index in [4.69, 9.17) is 5.73 Å². The van der Waals surface area contributed by atoms with Crippen LogP contribution in [0.25, 0.3) is 0 Å². The molecule has 3 N–H and O–H groups in total. The highest BCUT2D eigenvalue weighted by Crippen LogP contribution is 2.25. The Labute approximate surface area is 130 Å². The summed E-state index contributed by atoms with van der Waals surface area (Å²) in [6.45, 7) is 8.94. The van der Waals surface area contributed by atoms with Gasteiger partial charge in [0.2, 0.25) is 5.91 Å². The lowest BCUT2D eigenvalue weighted by molar-refractivity contribution is -0.122. The van der Waals surface area contributed by atoms with Gasteiger partial charge in [0.15, 0.2) is 0 Å². The summed E-state index contributed by atoms with van der Waals surface area (Å²) in [6.07, 6.45) is 0.711. The Morgan fingerprint density at radius 2 is 2.05 bits per heavy atom. The average Bonchev–Trinajstić information content (AvgIpc) is 2.35. The van der Waals surface area contributed by atoms with Crippen LogP contribution in [0.15, 0.2) is 28.7 Å². The third kappa shape index (κ3) is 5.25. The fourth-order valence-electron chi connectivity index (χ4n) is 2.07. The van der Waals surface area contributed by atoms with E-state index in [-0.39, 0.29) is 11.3 Å². The molecule has 0 unspecified atom stereocenters. The van der Waals surface area contributed by atoms with Crippen molar-refractivity contribution in [2.45, 2.75) is 45.6 Å². The van der Waals surface area contributed by atoms with Crippen molar-refractivity contribution >= 4 is 21.8 Å². The quantitative estimate of drug-likeness (QED) is 0.835. The average molecular weight is 341 g/mol. The largest absolute Gasteiger partial charge is 0.354 e. The molecule has 0 spiro atoms. The van der Waals surface area contributed by atoms with Gasteiger partial charge in [0, 0.05) is 16.4 Å². The highest BCUT2D eigenvalue weighted by Gasteiger charge is 2.23. The van der Waals surface area contributed by atoms with E-state index < -0.39 is 6.04 Å². The van der Waals surface area contributed by atoms with Gasteiger partial charge in [0.25, 0.3) is 0 Å². The molecular weight excluding hydrogens is 316 g/mol. The number of carbonyl (C=O) groups is 1. The zero-order chi connectivity index (χ0) is 15.3. The molecule has 0 aliphatic carbocycles. The number of benzene rings is 1. The van der Waals surface area contributed by atoms with Gasteiger partial charge >= 0.3 is 0 Å². The third-order valence-corrected chi connectivity index (χ3v) is 3.87. The van der Waals surface area contributed by atoms with Gasteiger partial charge in [-0.3, -0.25) is 4.79 Å². The summed E-state index contributed by atoms with van der Waals surface area (Å²) in [5, 5.41) is 2.97. The first-order valence-corrected chi connectivity index (χ1v) is 7.81. The Morgan fingerprint density at radius 3 is 2.60 bits per heavy atom. The molecule has 4 heteroatoms. The molecule has 0 bridgehead atoms. The maximum atomic E-state index is 12.0. The molecule has 112 valence electrons. The van der Waals surface area contributed by atoms with Crippen LogP contribution in [0.3, 0.4) is 0 Å². The first kappa shape index (κ1) is 17.2. The molecule has 1 aromatic rings. The second-order valence-corrected chi connectivity index (χ2v) is 7.26. The lowest BCUT2D eigenvalue weighted by Gasteiger charge is -2.27. The van der Waals surface area contributed by atoms with Crippen LogP contribution in [0.1, 0.15) is 39.7 Å². The van der Waals surface area contributed by atoms with E-state index in [1.165, 1.54) is 5.56 Å². The Balaban J connectivity index is 2.61. The summed E-state index contributed by atoms with van der Waals surface area (Å²) >= 11 is 3.48. The highest BCUT2D eigenvalue weighted by molar-refractivity contribution is 9.10. The number of amides is 1. The molecule has 20 heavy (non-hydrogen) atoms. The molecule has 1 atom stereocenters. The number of halogens is 1. The smallest absolute Gasteiger partial charge is 0.236 e. The van der Waals surface area contributed by atoms with Crippen LogP contribution < -0.4 is 11.1 Å². The molecule has 1 aromatic carbocycles. The van der Waals surface area contributed by atoms with Crippen molar-refractivity contribution < 1.29 is 4.79 Å². The molecule has 0 aliphatic rings. The van der Waals surface area contributed by atoms with E-state index in [1.54, 1.807) is 0 Å². The molecule has 0 heterocycles. The van der Waals surface area contributed by atoms with Crippen molar-refractivity contribution in [3.8, 4) is 0 Å². The van der Waals surface area contributed by atoms with Gasteiger partial charge in [-0.2, -0.15) is 0 Å². The number of rotatable bonds is 6. The van der Waals surface area contributed by atoms with Crippen molar-refractivity contribution in [2.24, 2.45) is 11.7 Å². The van der Waals surface area contributed by atoms with Crippen molar-refractivity contribution in [3.63, 3.8) is 0 Å². The van der Waals surface area contributed by atoms with Gasteiger partial charge in [0.05, 0.1) is 6.04 Å². The minimum absolute atomic E-state index is 0.0678. The third-order valence-electron chi connectivity index (χ3n) is 3.37. The predicted octanol–water partition coefficient (Wildman–Crippen LogP) is 3.22. The molecule has 0 saturated carbocycles. The fourth-order valence-corrected chi connectivity index (χ4v) is 2.46. The van der Waals surface area contributed by atoms with Crippen molar-refractivity contribution in [1.82, 2.24) is 5.32 Å². The Bertz CT molecular complexity index is 458. The second-order valence-electron chi connectivity index (χ2n) is 6.35. The number of hydrogen-bond acceptors (Lipinski definition) is 2. The van der Waals surface area contributed by atoms with Gasteiger partial charge in [0.1, 0.15) is 0 Å². The van der Waals surface area contributed by atoms with Crippen LogP contribution in [0.5, 0.6) is 0 Å². The number of hydrogen-bond donors (Lipinski definition) is 2. The fraction of sp³-hybridized carbons (Fsp3) is 0.562. The summed E-state index contributed by atoms with van der Waals surface area (Å²) in [5.41, 5.74) is 6.95. The zero-order valence-corrected chi connectivity index (χ0v) is 14.3. The highest BCUT2D eigenvalue weighted by atomic mass is 79.9. The number of carbonyl (C=O) groups excluding carboxylic acids is 1. The van der Waals surface area contributed by atoms with Crippen LogP contribution >= 0.6 is 15.9 Å². The molecule has 0 aromatic heterocycles. The van der Waals surface area contributed by atoms with Gasteiger partial charge in [-0.05, 0) is 30.0 Å². The minimum Gasteiger partial charge on any atom is -0.354 e. The molecule has 0 saturated heterocycles. The topological polar surface area (TPSA) is 55.1 Å². The van der Waals surface area contributed by atoms with Gasteiger partial charge < -0.3 is 11.1 Å². The van der Waals surface area contributed by atoms with Crippen LogP contribution in [0.4, 0.5) is 0 Å². The van der Waals surface area contributed by atoms with E-state index in [0.717, 1.165) is 4.47 Å². The standard InChI is InChI=1S/C16H25BrN2O/c1-11(2)8-14(18)15(20)19-10-16(3,4)12-6-5-7-13(17)9-12/h5-7,9,11,14H,8,10,18H2,1-4H3,(H,19,20)/t14-/m0/s1. The van der Waals surface area contributed by atoms with Crippen LogP contribution in [-0.4, -0.2) is 18.5 Å². The summed E-state index contributed by atoms with van der Waals surface area (Å²) in [6, 6.07) is 7.74. The lowest BCUT2D eigenvalue weighted by Crippen LogP contribution is -2.45. The molecule has 0 fully saturated rings. The molecule has 1 amide bonds. The summed E-state index contributed by atoms with van der Waals surface area (Å²) in [4.78, 5) is 12.0. The predicted molar refractivity (Wildman–Crippen MR) is 87.6 cm³/mol. The van der Waals surface area contributed by atoms with Crippen molar-refractivity contribution in [3.05, 3.63) is 34.3 Å². The normalized spacial score (nSPS) is 13.3. The first-order valence-electron chi connectivity index (χ1n) is 7.01. The van der Waals surface area contributed by atoms with Crippen LogP contribution in [-0.2, 0) is 10.2 Å². The molecule has 0 aliphatic heterocycles. The van der Waals surface area contributed by atoms with E-state index in [2.05, 4.69) is 61.1 Å². The summed E-state index contributed by atoms with van der Waals surface area (Å²) < 4.78 is 1.05. The number of nitrogens with one attached hydrogen (secondary N) is 1. The van der Waals surface area contributed by atoms with E-state index >= 15 is 0 Å². The van der Waals surface area contributed by atoms with Crippen molar-refractivity contribution in [2.75, 3.05) is 6.54 Å². The maximum absolute atomic E-state index is 12.0. The van der Waals surface area contributed by atoms with E-state index in [0.29, 0.717) is 18.9 Å². The van der Waals surface area contributed by atoms with Gasteiger partial charge in [-0.25, -0.2) is 0 Å². The first-order chi connectivity index (χ1) is 9.22. The zero-order valence-electron chi connectivity index (χ0n) is 12.7. The Hall–Kier alpha value is -0.870. The van der Waals surface area contributed by atoms with Gasteiger partial charge in [-0.15, -0.1) is 0 Å². The van der Waals surface area contributed by atoms with Crippen LogP contribution in [0.2, 0.25) is 0 Å². The second kappa shape index (κ2) is 7.23. The summed E-state index contributed by atoms with van der Waals surface area (Å²) in [5.74, 6) is 0.357. The Morgan fingerprint density at radius 1 is 1.40 bits per heavy atom. The molecule has 0 radical (unpaired) electrons. The number of nitrogens with two attached hydrogens (primary N) is 1. The van der Waals surface area contributed by atoms with E-state index in [1.807, 2.05) is 12.1 Å². The van der Waals surface area contributed by atoms with Crippen molar-refractivity contribution in [1.29, 1.82) is 0 Å².